The second-order valence-electron chi connectivity index (χ2n) is 3.22. The summed E-state index contributed by atoms with van der Waals surface area (Å²) in [5.41, 5.74) is -0.663. The van der Waals surface area contributed by atoms with E-state index in [0.29, 0.717) is 6.20 Å². The molecular weight excluding hydrogens is 231 g/mol. The molecule has 1 aromatic heterocycles. The normalized spacial score (nSPS) is 14.0. The van der Waals surface area contributed by atoms with Gasteiger partial charge in [0.05, 0.1) is 11.7 Å². The number of halogens is 4. The summed E-state index contributed by atoms with van der Waals surface area (Å²) in [7, 11) is 0. The van der Waals surface area contributed by atoms with E-state index in [1.807, 2.05) is 0 Å². The van der Waals surface area contributed by atoms with Gasteiger partial charge in [-0.15, -0.1) is 0 Å². The molecule has 0 aliphatic carbocycles. The highest BCUT2D eigenvalue weighted by atomic mass is 35.5. The third-order valence-corrected chi connectivity index (χ3v) is 2.09. The van der Waals surface area contributed by atoms with Crippen molar-refractivity contribution in [3.8, 4) is 0 Å². The van der Waals surface area contributed by atoms with Gasteiger partial charge < -0.3 is 5.11 Å². The van der Waals surface area contributed by atoms with Gasteiger partial charge in [0.25, 0.3) is 0 Å². The predicted octanol–water partition coefficient (Wildman–Crippen LogP) is 2.68. The van der Waals surface area contributed by atoms with Gasteiger partial charge in [0.1, 0.15) is 5.15 Å². The van der Waals surface area contributed by atoms with Crippen LogP contribution >= 0.6 is 11.6 Å². The lowest BCUT2D eigenvalue weighted by Crippen LogP contribution is -2.10. The fraction of sp³-hybridized carbons (Fsp3) is 0.444. The summed E-state index contributed by atoms with van der Waals surface area (Å²) in [6, 6.07) is 0.905. The Bertz CT molecular complexity index is 352. The predicted molar refractivity (Wildman–Crippen MR) is 49.6 cm³/mol. The molecular formula is C9H9ClF3NO. The zero-order chi connectivity index (χ0) is 11.6. The van der Waals surface area contributed by atoms with Crippen LogP contribution in [0.25, 0.3) is 0 Å². The highest BCUT2D eigenvalue weighted by molar-refractivity contribution is 6.30. The van der Waals surface area contributed by atoms with Crippen molar-refractivity contribution >= 4 is 11.6 Å². The standard InChI is InChI=1S/C9H9ClF3NO/c1-5(15)2-6-3-7(9(11,12)13)4-14-8(6)10/h3-5,15H,2H2,1H3/t5-/m0/s1. The number of hydrogen-bond acceptors (Lipinski definition) is 2. The molecule has 1 rings (SSSR count). The molecule has 2 nitrogen and oxygen atoms in total. The van der Waals surface area contributed by atoms with E-state index < -0.39 is 17.8 Å². The molecule has 0 saturated heterocycles. The summed E-state index contributed by atoms with van der Waals surface area (Å²) in [6.07, 6.45) is -4.47. The summed E-state index contributed by atoms with van der Waals surface area (Å²) in [5, 5.41) is 9.05. The van der Waals surface area contributed by atoms with Crippen molar-refractivity contribution in [3.05, 3.63) is 28.5 Å². The smallest absolute Gasteiger partial charge is 0.393 e. The number of alkyl halides is 3. The molecule has 0 saturated carbocycles. The van der Waals surface area contributed by atoms with E-state index in [1.165, 1.54) is 6.92 Å². The van der Waals surface area contributed by atoms with Crippen molar-refractivity contribution in [1.29, 1.82) is 0 Å². The fourth-order valence-corrected chi connectivity index (χ4v) is 1.29. The Labute approximate surface area is 89.7 Å². The van der Waals surface area contributed by atoms with Crippen molar-refractivity contribution in [3.63, 3.8) is 0 Å². The minimum atomic E-state index is -4.44. The number of nitrogens with zero attached hydrogens (tertiary/aromatic N) is 1. The van der Waals surface area contributed by atoms with E-state index in [4.69, 9.17) is 16.7 Å². The molecule has 1 heterocycles. The molecule has 1 aromatic rings. The molecule has 0 spiro atoms. The third-order valence-electron chi connectivity index (χ3n) is 1.75. The molecule has 1 N–H and O–H groups in total. The number of pyridine rings is 1. The summed E-state index contributed by atoms with van der Waals surface area (Å²) in [4.78, 5) is 3.43. The molecule has 0 amide bonds. The highest BCUT2D eigenvalue weighted by Crippen LogP contribution is 2.30. The Morgan fingerprint density at radius 3 is 2.60 bits per heavy atom. The number of rotatable bonds is 2. The van der Waals surface area contributed by atoms with Crippen LogP contribution in [0, 0.1) is 0 Å². The van der Waals surface area contributed by atoms with Gasteiger partial charge in [-0.3, -0.25) is 0 Å². The van der Waals surface area contributed by atoms with E-state index >= 15 is 0 Å². The molecule has 0 radical (unpaired) electrons. The van der Waals surface area contributed by atoms with Gasteiger partial charge in [-0.25, -0.2) is 4.98 Å². The number of hydrogen-bond donors (Lipinski definition) is 1. The van der Waals surface area contributed by atoms with E-state index in [1.54, 1.807) is 0 Å². The van der Waals surface area contributed by atoms with Crippen molar-refractivity contribution < 1.29 is 18.3 Å². The summed E-state index contributed by atoms with van der Waals surface area (Å²) < 4.78 is 36.9. The van der Waals surface area contributed by atoms with Crippen LogP contribution < -0.4 is 0 Å². The zero-order valence-electron chi connectivity index (χ0n) is 7.85. The molecule has 0 unspecified atom stereocenters. The molecule has 1 atom stereocenters. The van der Waals surface area contributed by atoms with Gasteiger partial charge >= 0.3 is 6.18 Å². The Balaban J connectivity index is 3.06. The van der Waals surface area contributed by atoms with Crippen LogP contribution in [0.2, 0.25) is 5.15 Å². The maximum Gasteiger partial charge on any atom is 0.417 e. The molecule has 0 aliphatic heterocycles. The maximum atomic E-state index is 12.3. The van der Waals surface area contributed by atoms with Crippen molar-refractivity contribution in [2.45, 2.75) is 25.6 Å². The molecule has 15 heavy (non-hydrogen) atoms. The van der Waals surface area contributed by atoms with Crippen LogP contribution in [0.3, 0.4) is 0 Å². The van der Waals surface area contributed by atoms with E-state index in [9.17, 15) is 13.2 Å². The van der Waals surface area contributed by atoms with Crippen molar-refractivity contribution in [2.24, 2.45) is 0 Å². The van der Waals surface area contributed by atoms with Gasteiger partial charge in [0.2, 0.25) is 0 Å². The van der Waals surface area contributed by atoms with Gasteiger partial charge in [0, 0.05) is 12.6 Å². The largest absolute Gasteiger partial charge is 0.417 e. The van der Waals surface area contributed by atoms with Crippen LogP contribution in [0.1, 0.15) is 18.1 Å². The average Bonchev–Trinajstić information content (AvgIpc) is 2.06. The first-order chi connectivity index (χ1) is 6.80. The molecule has 6 heteroatoms. The number of aliphatic hydroxyl groups is 1. The van der Waals surface area contributed by atoms with Crippen LogP contribution in [-0.4, -0.2) is 16.2 Å². The van der Waals surface area contributed by atoms with Gasteiger partial charge in [-0.2, -0.15) is 13.2 Å². The Morgan fingerprint density at radius 1 is 1.53 bits per heavy atom. The number of aliphatic hydroxyl groups excluding tert-OH is 1. The SMILES string of the molecule is C[C@H](O)Cc1cc(C(F)(F)F)cnc1Cl. The van der Waals surface area contributed by atoms with Gasteiger partial charge in [-0.05, 0) is 18.6 Å². The third kappa shape index (κ3) is 3.35. The zero-order valence-corrected chi connectivity index (χ0v) is 8.60. The Kier molecular flexibility index (Phi) is 3.57. The summed E-state index contributed by atoms with van der Waals surface area (Å²) in [5.74, 6) is 0. The van der Waals surface area contributed by atoms with Crippen LogP contribution in [0.4, 0.5) is 13.2 Å². The first-order valence-electron chi connectivity index (χ1n) is 4.20. The second kappa shape index (κ2) is 4.37. The average molecular weight is 240 g/mol. The minimum Gasteiger partial charge on any atom is -0.393 e. The number of aromatic nitrogens is 1. The minimum absolute atomic E-state index is 0.0103. The molecule has 0 aromatic carbocycles. The lowest BCUT2D eigenvalue weighted by atomic mass is 10.1. The summed E-state index contributed by atoms with van der Waals surface area (Å²) >= 11 is 5.60. The quantitative estimate of drug-likeness (QED) is 0.805. The van der Waals surface area contributed by atoms with E-state index in [2.05, 4.69) is 4.98 Å². The fourth-order valence-electron chi connectivity index (χ4n) is 1.11. The monoisotopic (exact) mass is 239 g/mol. The van der Waals surface area contributed by atoms with Crippen LogP contribution in [-0.2, 0) is 12.6 Å². The van der Waals surface area contributed by atoms with Crippen LogP contribution in [0.5, 0.6) is 0 Å². The first kappa shape index (κ1) is 12.3. The Morgan fingerprint density at radius 2 is 2.13 bits per heavy atom. The first-order valence-corrected chi connectivity index (χ1v) is 4.58. The van der Waals surface area contributed by atoms with Crippen LogP contribution in [0.15, 0.2) is 12.3 Å². The maximum absolute atomic E-state index is 12.3. The molecule has 0 fully saturated rings. The van der Waals surface area contributed by atoms with Gasteiger partial charge in [0.15, 0.2) is 0 Å². The van der Waals surface area contributed by atoms with E-state index in [-0.39, 0.29) is 17.1 Å². The Hall–Kier alpha value is -0.810. The summed E-state index contributed by atoms with van der Waals surface area (Å²) in [6.45, 7) is 1.47. The molecule has 0 bridgehead atoms. The molecule has 84 valence electrons. The highest BCUT2D eigenvalue weighted by Gasteiger charge is 2.31. The second-order valence-corrected chi connectivity index (χ2v) is 3.58. The van der Waals surface area contributed by atoms with Crippen molar-refractivity contribution in [2.75, 3.05) is 0 Å². The lowest BCUT2D eigenvalue weighted by Gasteiger charge is -2.10. The van der Waals surface area contributed by atoms with Crippen molar-refractivity contribution in [1.82, 2.24) is 4.98 Å². The lowest BCUT2D eigenvalue weighted by molar-refractivity contribution is -0.137. The molecule has 0 aliphatic rings. The van der Waals surface area contributed by atoms with Gasteiger partial charge in [-0.1, -0.05) is 11.6 Å². The topological polar surface area (TPSA) is 33.1 Å². The van der Waals surface area contributed by atoms with E-state index in [0.717, 1.165) is 6.07 Å².